The number of thiazole rings is 1. The Morgan fingerprint density at radius 3 is 2.95 bits per heavy atom. The van der Waals surface area contributed by atoms with Crippen LogP contribution in [0.1, 0.15) is 16.8 Å². The number of aromatic nitrogens is 2. The molecule has 0 saturated heterocycles. The maximum atomic E-state index is 5.97. The van der Waals surface area contributed by atoms with E-state index in [0.717, 1.165) is 22.0 Å². The average molecular weight is 337 g/mol. The van der Waals surface area contributed by atoms with Crippen molar-refractivity contribution in [2.75, 3.05) is 0 Å². The summed E-state index contributed by atoms with van der Waals surface area (Å²) in [5, 5.41) is 2.74. The van der Waals surface area contributed by atoms with Gasteiger partial charge in [0.05, 0.1) is 5.69 Å². The van der Waals surface area contributed by atoms with Gasteiger partial charge in [0.2, 0.25) is 5.88 Å². The molecule has 0 fully saturated rings. The minimum atomic E-state index is 0.677. The predicted molar refractivity (Wildman–Crippen MR) is 81.7 cm³/mol. The van der Waals surface area contributed by atoms with Crippen LogP contribution in [0, 0.1) is 13.8 Å². The minimum absolute atomic E-state index is 0.677. The van der Waals surface area contributed by atoms with Gasteiger partial charge < -0.3 is 4.74 Å². The van der Waals surface area contributed by atoms with Gasteiger partial charge in [0.15, 0.2) is 4.96 Å². The number of rotatable bonds is 3. The van der Waals surface area contributed by atoms with Crippen molar-refractivity contribution >= 4 is 32.2 Å². The molecule has 0 aliphatic rings. The topological polar surface area (TPSA) is 26.5 Å². The minimum Gasteiger partial charge on any atom is -0.437 e. The zero-order valence-corrected chi connectivity index (χ0v) is 13.1. The average Bonchev–Trinajstić information content (AvgIpc) is 2.92. The number of fused-ring (bicyclic) bond motifs is 1. The van der Waals surface area contributed by atoms with Crippen LogP contribution in [-0.4, -0.2) is 9.38 Å². The molecule has 0 radical (unpaired) electrons. The maximum Gasteiger partial charge on any atom is 0.243 e. The number of nitrogens with zero attached hydrogens (tertiary/aromatic N) is 2. The van der Waals surface area contributed by atoms with Gasteiger partial charge in [-0.25, -0.2) is 0 Å². The molecular weight excluding hydrogens is 324 g/mol. The van der Waals surface area contributed by atoms with Crippen molar-refractivity contribution < 1.29 is 4.74 Å². The molecule has 0 N–H and O–H groups in total. The van der Waals surface area contributed by atoms with Crippen LogP contribution in [0.3, 0.4) is 0 Å². The highest BCUT2D eigenvalue weighted by molar-refractivity contribution is 9.08. The molecule has 3 aromatic rings. The van der Waals surface area contributed by atoms with Crippen molar-refractivity contribution in [3.05, 3.63) is 46.6 Å². The molecule has 0 aliphatic carbocycles. The van der Waals surface area contributed by atoms with Gasteiger partial charge in [0.25, 0.3) is 0 Å². The molecule has 2 aromatic heterocycles. The van der Waals surface area contributed by atoms with E-state index in [0.29, 0.717) is 11.2 Å². The third-order valence-corrected chi connectivity index (χ3v) is 4.28. The molecule has 0 atom stereocenters. The predicted octanol–water partition coefficient (Wildman–Crippen LogP) is 4.70. The largest absolute Gasteiger partial charge is 0.437 e. The lowest BCUT2D eigenvalue weighted by molar-refractivity contribution is 0.458. The Bertz CT molecular complexity index is 732. The molecule has 0 aliphatic heterocycles. The van der Waals surface area contributed by atoms with Crippen LogP contribution in [0.5, 0.6) is 11.6 Å². The molecule has 3 nitrogen and oxygen atoms in total. The Morgan fingerprint density at radius 1 is 1.37 bits per heavy atom. The molecule has 19 heavy (non-hydrogen) atoms. The third kappa shape index (κ3) is 2.28. The Kier molecular flexibility index (Phi) is 3.33. The van der Waals surface area contributed by atoms with Crippen LogP contribution in [0.2, 0.25) is 0 Å². The first kappa shape index (κ1) is 12.7. The van der Waals surface area contributed by atoms with Crippen LogP contribution >= 0.6 is 27.3 Å². The maximum absolute atomic E-state index is 5.97. The number of halogens is 1. The van der Waals surface area contributed by atoms with Crippen molar-refractivity contribution in [1.29, 1.82) is 0 Å². The highest BCUT2D eigenvalue weighted by atomic mass is 79.9. The van der Waals surface area contributed by atoms with E-state index < -0.39 is 0 Å². The van der Waals surface area contributed by atoms with Gasteiger partial charge in [-0.15, -0.1) is 11.3 Å². The fourth-order valence-electron chi connectivity index (χ4n) is 2.03. The molecule has 0 bridgehead atoms. The fraction of sp³-hybridized carbons (Fsp3) is 0.214. The van der Waals surface area contributed by atoms with Gasteiger partial charge in [-0.3, -0.25) is 4.40 Å². The van der Waals surface area contributed by atoms with Crippen LogP contribution in [0.4, 0.5) is 0 Å². The van der Waals surface area contributed by atoms with Gasteiger partial charge in [-0.2, -0.15) is 4.98 Å². The molecular formula is C14H13BrN2OS. The second kappa shape index (κ2) is 4.98. The first-order valence-electron chi connectivity index (χ1n) is 5.94. The fourth-order valence-corrected chi connectivity index (χ4v) is 3.27. The molecule has 3 rings (SSSR count). The number of aryl methyl sites for hydroxylation is 2. The number of imidazole rings is 1. The lowest BCUT2D eigenvalue weighted by Crippen LogP contribution is -1.93. The Balaban J connectivity index is 2.02. The van der Waals surface area contributed by atoms with Crippen molar-refractivity contribution in [3.63, 3.8) is 0 Å². The van der Waals surface area contributed by atoms with Crippen molar-refractivity contribution in [2.24, 2.45) is 0 Å². The SMILES string of the molecule is Cc1ccc(Oc2nc3sccn3c2CBr)c(C)c1. The highest BCUT2D eigenvalue weighted by Crippen LogP contribution is 2.31. The number of ether oxygens (including phenoxy) is 1. The van der Waals surface area contributed by atoms with E-state index in [1.807, 2.05) is 17.6 Å². The summed E-state index contributed by atoms with van der Waals surface area (Å²) >= 11 is 5.11. The third-order valence-electron chi connectivity index (χ3n) is 2.99. The lowest BCUT2D eigenvalue weighted by atomic mass is 10.1. The quantitative estimate of drug-likeness (QED) is 0.648. The summed E-state index contributed by atoms with van der Waals surface area (Å²) in [7, 11) is 0. The van der Waals surface area contributed by atoms with Crippen LogP contribution in [0.25, 0.3) is 4.96 Å². The molecule has 98 valence electrons. The Morgan fingerprint density at radius 2 is 2.21 bits per heavy atom. The van der Waals surface area contributed by atoms with E-state index in [9.17, 15) is 0 Å². The van der Waals surface area contributed by atoms with Crippen LogP contribution in [-0.2, 0) is 5.33 Å². The molecule has 2 heterocycles. The molecule has 1 aromatic carbocycles. The van der Waals surface area contributed by atoms with E-state index >= 15 is 0 Å². The summed E-state index contributed by atoms with van der Waals surface area (Å²) < 4.78 is 8.03. The molecule has 0 saturated carbocycles. The monoisotopic (exact) mass is 336 g/mol. The van der Waals surface area contributed by atoms with Gasteiger partial charge in [-0.1, -0.05) is 33.6 Å². The second-order valence-corrected chi connectivity index (χ2v) is 5.86. The standard InChI is InChI=1S/C14H13BrN2OS/c1-9-3-4-12(10(2)7-9)18-13-11(8-15)17-5-6-19-14(17)16-13/h3-7H,8H2,1-2H3. The summed E-state index contributed by atoms with van der Waals surface area (Å²) in [6.45, 7) is 4.13. The van der Waals surface area contributed by atoms with Crippen LogP contribution in [0.15, 0.2) is 29.8 Å². The van der Waals surface area contributed by atoms with Crippen LogP contribution < -0.4 is 4.74 Å². The second-order valence-electron chi connectivity index (χ2n) is 4.42. The molecule has 0 unspecified atom stereocenters. The summed E-state index contributed by atoms with van der Waals surface area (Å²) in [5.74, 6) is 1.54. The zero-order chi connectivity index (χ0) is 13.4. The summed E-state index contributed by atoms with van der Waals surface area (Å²) in [5.41, 5.74) is 3.39. The Hall–Kier alpha value is -1.33. The van der Waals surface area contributed by atoms with Gasteiger partial charge >= 0.3 is 0 Å². The molecule has 0 spiro atoms. The molecule has 0 amide bonds. The van der Waals surface area contributed by atoms with Crippen molar-refractivity contribution in [1.82, 2.24) is 9.38 Å². The summed E-state index contributed by atoms with van der Waals surface area (Å²) in [6, 6.07) is 6.16. The first-order chi connectivity index (χ1) is 9.19. The van der Waals surface area contributed by atoms with Gasteiger partial charge in [0, 0.05) is 16.9 Å². The van der Waals surface area contributed by atoms with Gasteiger partial charge in [0.1, 0.15) is 5.75 Å². The van der Waals surface area contributed by atoms with E-state index in [1.165, 1.54) is 5.56 Å². The van der Waals surface area contributed by atoms with E-state index in [4.69, 9.17) is 4.74 Å². The van der Waals surface area contributed by atoms with Gasteiger partial charge in [-0.05, 0) is 25.5 Å². The van der Waals surface area contributed by atoms with E-state index in [2.05, 4.69) is 51.3 Å². The van der Waals surface area contributed by atoms with E-state index in [-0.39, 0.29) is 0 Å². The highest BCUT2D eigenvalue weighted by Gasteiger charge is 2.14. The summed E-state index contributed by atoms with van der Waals surface area (Å²) in [6.07, 6.45) is 2.01. The van der Waals surface area contributed by atoms with E-state index in [1.54, 1.807) is 11.3 Å². The number of alkyl halides is 1. The zero-order valence-electron chi connectivity index (χ0n) is 10.7. The first-order valence-corrected chi connectivity index (χ1v) is 7.94. The summed E-state index contributed by atoms with van der Waals surface area (Å²) in [4.78, 5) is 5.48. The van der Waals surface area contributed by atoms with Crippen molar-refractivity contribution in [3.8, 4) is 11.6 Å². The number of benzene rings is 1. The number of hydrogen-bond donors (Lipinski definition) is 0. The smallest absolute Gasteiger partial charge is 0.243 e. The Labute approximate surface area is 124 Å². The lowest BCUT2D eigenvalue weighted by Gasteiger charge is -2.08. The molecule has 5 heteroatoms. The normalized spacial score (nSPS) is 11.1. The van der Waals surface area contributed by atoms with Crippen molar-refractivity contribution in [2.45, 2.75) is 19.2 Å². The number of hydrogen-bond acceptors (Lipinski definition) is 3.